The van der Waals surface area contributed by atoms with E-state index < -0.39 is 0 Å². The minimum absolute atomic E-state index is 0.0374. The molecule has 1 aliphatic heterocycles. The van der Waals surface area contributed by atoms with Crippen LogP contribution in [0, 0.1) is 12.8 Å². The van der Waals surface area contributed by atoms with E-state index >= 15 is 0 Å². The molecule has 1 aromatic heterocycles. The van der Waals surface area contributed by atoms with E-state index in [0.29, 0.717) is 25.3 Å². The van der Waals surface area contributed by atoms with Gasteiger partial charge in [0.1, 0.15) is 5.82 Å². The van der Waals surface area contributed by atoms with Gasteiger partial charge in [0.15, 0.2) is 0 Å². The molecule has 0 unspecified atom stereocenters. The molecular formula is C20H26N4O2. The van der Waals surface area contributed by atoms with Crippen molar-refractivity contribution in [3.05, 3.63) is 47.7 Å². The highest BCUT2D eigenvalue weighted by Crippen LogP contribution is 2.20. The number of benzene rings is 1. The van der Waals surface area contributed by atoms with Crippen molar-refractivity contribution in [3.63, 3.8) is 0 Å². The highest BCUT2D eigenvalue weighted by atomic mass is 16.2. The standard InChI is InChI=1S/C20H26N4O2/c1-3-19(25)23-11-5-8-17(14-23)20(26)22-18-9-10-21-24(18)13-16-7-4-6-15(2)12-16/h4,6-7,9-10,12,17H,3,5,8,11,13-14H2,1-2H3,(H,22,26)/t17-/m0/s1. The van der Waals surface area contributed by atoms with E-state index in [2.05, 4.69) is 35.5 Å². The summed E-state index contributed by atoms with van der Waals surface area (Å²) in [4.78, 5) is 26.4. The molecule has 1 aliphatic rings. The molecule has 2 amide bonds. The largest absolute Gasteiger partial charge is 0.342 e. The van der Waals surface area contributed by atoms with E-state index in [1.54, 1.807) is 15.8 Å². The number of amides is 2. The molecule has 1 fully saturated rings. The first-order chi connectivity index (χ1) is 12.6. The second kappa shape index (κ2) is 8.17. The van der Waals surface area contributed by atoms with E-state index in [1.165, 1.54) is 5.56 Å². The SMILES string of the molecule is CCC(=O)N1CCC[C@H](C(=O)Nc2ccnn2Cc2cccc(C)c2)C1. The van der Waals surface area contributed by atoms with Gasteiger partial charge in [0, 0.05) is 25.6 Å². The van der Waals surface area contributed by atoms with Gasteiger partial charge in [0.05, 0.1) is 18.7 Å². The number of aromatic nitrogens is 2. The summed E-state index contributed by atoms with van der Waals surface area (Å²) in [5, 5.41) is 7.33. The van der Waals surface area contributed by atoms with Crippen LogP contribution < -0.4 is 5.32 Å². The quantitative estimate of drug-likeness (QED) is 0.898. The van der Waals surface area contributed by atoms with Gasteiger partial charge in [-0.3, -0.25) is 9.59 Å². The fraction of sp³-hybridized carbons (Fsp3) is 0.450. The third-order valence-corrected chi connectivity index (χ3v) is 4.83. The van der Waals surface area contributed by atoms with Crippen molar-refractivity contribution in [1.82, 2.24) is 14.7 Å². The number of likely N-dealkylation sites (tertiary alicyclic amines) is 1. The molecule has 138 valence electrons. The molecule has 26 heavy (non-hydrogen) atoms. The van der Waals surface area contributed by atoms with Crippen LogP contribution in [-0.4, -0.2) is 39.6 Å². The van der Waals surface area contributed by atoms with Crippen molar-refractivity contribution in [2.24, 2.45) is 5.92 Å². The lowest BCUT2D eigenvalue weighted by Gasteiger charge is -2.31. The zero-order valence-electron chi connectivity index (χ0n) is 15.4. The Balaban J connectivity index is 1.65. The topological polar surface area (TPSA) is 67.2 Å². The second-order valence-corrected chi connectivity index (χ2v) is 6.88. The molecule has 1 saturated heterocycles. The maximum atomic E-state index is 12.7. The number of piperidine rings is 1. The molecular weight excluding hydrogens is 328 g/mol. The minimum Gasteiger partial charge on any atom is -0.342 e. The molecule has 3 rings (SSSR count). The number of rotatable bonds is 5. The third kappa shape index (κ3) is 4.31. The molecule has 6 heteroatoms. The van der Waals surface area contributed by atoms with E-state index in [1.807, 2.05) is 19.1 Å². The number of anilines is 1. The third-order valence-electron chi connectivity index (χ3n) is 4.83. The van der Waals surface area contributed by atoms with E-state index in [-0.39, 0.29) is 17.7 Å². The Morgan fingerprint density at radius 2 is 2.15 bits per heavy atom. The molecule has 6 nitrogen and oxygen atoms in total. The molecule has 2 heterocycles. The molecule has 0 aliphatic carbocycles. The zero-order chi connectivity index (χ0) is 18.5. The fourth-order valence-electron chi connectivity index (χ4n) is 3.42. The smallest absolute Gasteiger partial charge is 0.230 e. The number of aryl methyl sites for hydroxylation is 1. The van der Waals surface area contributed by atoms with Gasteiger partial charge in [-0.1, -0.05) is 36.8 Å². The molecule has 0 saturated carbocycles. The van der Waals surface area contributed by atoms with Crippen LogP contribution in [-0.2, 0) is 16.1 Å². The van der Waals surface area contributed by atoms with Crippen LogP contribution in [0.4, 0.5) is 5.82 Å². The Bertz CT molecular complexity index is 784. The summed E-state index contributed by atoms with van der Waals surface area (Å²) in [5.41, 5.74) is 2.34. The Morgan fingerprint density at radius 3 is 2.92 bits per heavy atom. The lowest BCUT2D eigenvalue weighted by Crippen LogP contribution is -2.43. The van der Waals surface area contributed by atoms with E-state index in [9.17, 15) is 9.59 Å². The second-order valence-electron chi connectivity index (χ2n) is 6.88. The van der Waals surface area contributed by atoms with Gasteiger partial charge in [-0.25, -0.2) is 4.68 Å². The van der Waals surface area contributed by atoms with Crippen molar-refractivity contribution in [2.75, 3.05) is 18.4 Å². The number of carbonyl (C=O) groups excluding carboxylic acids is 2. The van der Waals surface area contributed by atoms with Crippen LogP contribution in [0.15, 0.2) is 36.5 Å². The van der Waals surface area contributed by atoms with Crippen molar-refractivity contribution in [1.29, 1.82) is 0 Å². The summed E-state index contributed by atoms with van der Waals surface area (Å²) < 4.78 is 1.80. The number of carbonyl (C=O) groups is 2. The Labute approximate surface area is 154 Å². The van der Waals surface area contributed by atoms with Gasteiger partial charge in [-0.2, -0.15) is 5.10 Å². The van der Waals surface area contributed by atoms with E-state index in [0.717, 1.165) is 24.9 Å². The maximum absolute atomic E-state index is 12.7. The van der Waals surface area contributed by atoms with Gasteiger partial charge in [-0.15, -0.1) is 0 Å². The number of hydrogen-bond acceptors (Lipinski definition) is 3. The van der Waals surface area contributed by atoms with Crippen LogP contribution in [0.1, 0.15) is 37.3 Å². The molecule has 1 atom stereocenters. The Morgan fingerprint density at radius 1 is 1.31 bits per heavy atom. The highest BCUT2D eigenvalue weighted by Gasteiger charge is 2.28. The first-order valence-corrected chi connectivity index (χ1v) is 9.23. The predicted molar refractivity (Wildman–Crippen MR) is 101 cm³/mol. The number of hydrogen-bond donors (Lipinski definition) is 1. The zero-order valence-corrected chi connectivity index (χ0v) is 15.4. The van der Waals surface area contributed by atoms with Crippen LogP contribution in [0.25, 0.3) is 0 Å². The molecule has 0 spiro atoms. The van der Waals surface area contributed by atoms with E-state index in [4.69, 9.17) is 0 Å². The summed E-state index contributed by atoms with van der Waals surface area (Å²) in [6, 6.07) is 10.1. The van der Waals surface area contributed by atoms with Crippen molar-refractivity contribution >= 4 is 17.6 Å². The van der Waals surface area contributed by atoms with Gasteiger partial charge in [0.25, 0.3) is 0 Å². The minimum atomic E-state index is -0.165. The van der Waals surface area contributed by atoms with Gasteiger partial charge in [-0.05, 0) is 25.3 Å². The van der Waals surface area contributed by atoms with Crippen molar-refractivity contribution in [3.8, 4) is 0 Å². The molecule has 1 N–H and O–H groups in total. The Hall–Kier alpha value is -2.63. The van der Waals surface area contributed by atoms with Crippen LogP contribution in [0.5, 0.6) is 0 Å². The normalized spacial score (nSPS) is 17.2. The fourth-order valence-corrected chi connectivity index (χ4v) is 3.42. The number of nitrogens with one attached hydrogen (secondary N) is 1. The molecule has 0 bridgehead atoms. The van der Waals surface area contributed by atoms with Crippen molar-refractivity contribution < 1.29 is 9.59 Å². The average Bonchev–Trinajstić information content (AvgIpc) is 3.07. The van der Waals surface area contributed by atoms with Gasteiger partial charge < -0.3 is 10.2 Å². The van der Waals surface area contributed by atoms with Gasteiger partial charge in [0.2, 0.25) is 11.8 Å². The lowest BCUT2D eigenvalue weighted by molar-refractivity contribution is -0.134. The summed E-state index contributed by atoms with van der Waals surface area (Å²) in [7, 11) is 0. The van der Waals surface area contributed by atoms with Crippen LogP contribution in [0.2, 0.25) is 0 Å². The predicted octanol–water partition coefficient (Wildman–Crippen LogP) is 2.83. The van der Waals surface area contributed by atoms with Crippen molar-refractivity contribution in [2.45, 2.75) is 39.7 Å². The summed E-state index contributed by atoms with van der Waals surface area (Å²) in [6.45, 7) is 5.78. The van der Waals surface area contributed by atoms with Crippen LogP contribution >= 0.6 is 0 Å². The molecule has 2 aromatic rings. The Kier molecular flexibility index (Phi) is 5.71. The molecule has 1 aromatic carbocycles. The lowest BCUT2D eigenvalue weighted by atomic mass is 9.97. The van der Waals surface area contributed by atoms with Crippen LogP contribution in [0.3, 0.4) is 0 Å². The summed E-state index contributed by atoms with van der Waals surface area (Å²) in [5.74, 6) is 0.605. The van der Waals surface area contributed by atoms with Gasteiger partial charge >= 0.3 is 0 Å². The highest BCUT2D eigenvalue weighted by molar-refractivity contribution is 5.92. The maximum Gasteiger partial charge on any atom is 0.230 e. The summed E-state index contributed by atoms with van der Waals surface area (Å²) in [6.07, 6.45) is 3.86. The molecule has 0 radical (unpaired) electrons. The monoisotopic (exact) mass is 354 g/mol. The first kappa shape index (κ1) is 18.2. The summed E-state index contributed by atoms with van der Waals surface area (Å²) >= 11 is 0. The average molecular weight is 354 g/mol. The first-order valence-electron chi connectivity index (χ1n) is 9.23. The number of nitrogens with zero attached hydrogens (tertiary/aromatic N) is 3.